The van der Waals surface area contributed by atoms with Crippen molar-refractivity contribution in [1.29, 1.82) is 5.41 Å². The predicted molar refractivity (Wildman–Crippen MR) is 137 cm³/mol. The van der Waals surface area contributed by atoms with Crippen molar-refractivity contribution in [3.8, 4) is 0 Å². The Kier molecular flexibility index (Phi) is 8.75. The number of nitrogens with zero attached hydrogens (tertiary/aromatic N) is 5. The molecule has 9 heteroatoms. The smallest absolute Gasteiger partial charge is 0.166 e. The van der Waals surface area contributed by atoms with Crippen LogP contribution in [0.3, 0.4) is 0 Å². The van der Waals surface area contributed by atoms with E-state index in [1.165, 1.54) is 25.9 Å². The largest absolute Gasteiger partial charge is 0.404 e. The summed E-state index contributed by atoms with van der Waals surface area (Å²) in [4.78, 5) is 20.4. The number of hydrogen-bond acceptors (Lipinski definition) is 8. The van der Waals surface area contributed by atoms with E-state index in [4.69, 9.17) is 16.9 Å². The fourth-order valence-electron chi connectivity index (χ4n) is 3.35. The lowest BCUT2D eigenvalue weighted by atomic mass is 10.1. The Morgan fingerprint density at radius 3 is 2.78 bits per heavy atom. The van der Waals surface area contributed by atoms with Crippen LogP contribution in [0.1, 0.15) is 38.7 Å². The van der Waals surface area contributed by atoms with Gasteiger partial charge >= 0.3 is 0 Å². The molecule has 0 aliphatic carbocycles. The molecule has 0 saturated carbocycles. The highest BCUT2D eigenvalue weighted by atomic mass is 32.2. The molecule has 0 atom stereocenters. The first kappa shape index (κ1) is 23.9. The Labute approximate surface area is 193 Å². The number of allylic oxidation sites excluding steroid dienone is 1. The minimum Gasteiger partial charge on any atom is -0.404 e. The molecule has 1 fully saturated rings. The average molecular weight is 453 g/mol. The molecule has 2 aromatic heterocycles. The number of likely N-dealkylation sites (tertiary alicyclic amines) is 1. The highest BCUT2D eigenvalue weighted by Gasteiger charge is 2.10. The van der Waals surface area contributed by atoms with Gasteiger partial charge in [0.05, 0.1) is 16.1 Å². The van der Waals surface area contributed by atoms with Crippen molar-refractivity contribution < 1.29 is 0 Å². The average Bonchev–Trinajstić information content (AvgIpc) is 3.29. The van der Waals surface area contributed by atoms with Gasteiger partial charge in [-0.1, -0.05) is 13.8 Å². The van der Waals surface area contributed by atoms with E-state index in [0.717, 1.165) is 47.9 Å². The van der Waals surface area contributed by atoms with Gasteiger partial charge in [-0.05, 0) is 68.9 Å². The summed E-state index contributed by atoms with van der Waals surface area (Å²) in [6, 6.07) is 5.55. The summed E-state index contributed by atoms with van der Waals surface area (Å²) in [5.74, 6) is 0.584. The van der Waals surface area contributed by atoms with E-state index in [1.54, 1.807) is 24.7 Å². The van der Waals surface area contributed by atoms with Crippen LogP contribution in [0, 0.1) is 11.3 Å². The first-order chi connectivity index (χ1) is 15.5. The minimum absolute atomic E-state index is 0.105. The zero-order valence-corrected chi connectivity index (χ0v) is 19.6. The van der Waals surface area contributed by atoms with Crippen molar-refractivity contribution >= 4 is 50.6 Å². The Morgan fingerprint density at radius 1 is 1.28 bits per heavy atom. The summed E-state index contributed by atoms with van der Waals surface area (Å²) >= 11 is 1.15. The van der Waals surface area contributed by atoms with Gasteiger partial charge in [0, 0.05) is 42.2 Å². The van der Waals surface area contributed by atoms with Crippen molar-refractivity contribution in [1.82, 2.24) is 14.9 Å². The van der Waals surface area contributed by atoms with Crippen LogP contribution in [0.2, 0.25) is 0 Å². The Morgan fingerprint density at radius 2 is 2.06 bits per heavy atom. The van der Waals surface area contributed by atoms with Crippen molar-refractivity contribution in [3.63, 3.8) is 0 Å². The van der Waals surface area contributed by atoms with Gasteiger partial charge in [-0.15, -0.1) is 0 Å². The monoisotopic (exact) mass is 452 g/mol. The fourth-order valence-corrected chi connectivity index (χ4v) is 3.95. The van der Waals surface area contributed by atoms with E-state index in [-0.39, 0.29) is 5.92 Å². The van der Waals surface area contributed by atoms with Crippen LogP contribution in [-0.4, -0.2) is 57.5 Å². The lowest BCUT2D eigenvalue weighted by Crippen LogP contribution is -2.20. The van der Waals surface area contributed by atoms with Crippen molar-refractivity contribution in [2.75, 3.05) is 26.2 Å². The summed E-state index contributed by atoms with van der Waals surface area (Å²) in [7, 11) is 0. The van der Waals surface area contributed by atoms with Crippen LogP contribution in [-0.2, 0) is 0 Å². The number of hydrogen-bond donors (Lipinski definition) is 3. The molecule has 0 bridgehead atoms. The highest BCUT2D eigenvalue weighted by Crippen LogP contribution is 2.21. The summed E-state index contributed by atoms with van der Waals surface area (Å²) < 4.78 is 0. The molecule has 0 amide bonds. The molecule has 5 N–H and O–H groups in total. The van der Waals surface area contributed by atoms with Crippen molar-refractivity contribution in [3.05, 3.63) is 36.2 Å². The van der Waals surface area contributed by atoms with Gasteiger partial charge in [0.25, 0.3) is 0 Å². The lowest BCUT2D eigenvalue weighted by Gasteiger charge is -2.12. The van der Waals surface area contributed by atoms with Crippen LogP contribution in [0.15, 0.2) is 40.6 Å². The van der Waals surface area contributed by atoms with Gasteiger partial charge in [0.1, 0.15) is 0 Å². The number of aliphatic imine (C=N–C) groups is 2. The normalized spacial score (nSPS) is 16.0. The van der Waals surface area contributed by atoms with Crippen molar-refractivity contribution in [2.24, 2.45) is 27.4 Å². The second-order valence-corrected chi connectivity index (χ2v) is 9.12. The fraction of sp³-hybridized carbons (Fsp3) is 0.435. The van der Waals surface area contributed by atoms with Crippen LogP contribution in [0.25, 0.3) is 16.6 Å². The van der Waals surface area contributed by atoms with Gasteiger partial charge < -0.3 is 16.4 Å². The van der Waals surface area contributed by atoms with E-state index >= 15 is 0 Å². The molecule has 170 valence electrons. The van der Waals surface area contributed by atoms with E-state index in [9.17, 15) is 0 Å². The third-order valence-corrected chi connectivity index (χ3v) is 6.18. The number of pyridine rings is 2. The van der Waals surface area contributed by atoms with E-state index in [0.29, 0.717) is 21.5 Å². The molecule has 3 heterocycles. The molecule has 3 rings (SSSR count). The van der Waals surface area contributed by atoms with Crippen LogP contribution in [0.5, 0.6) is 0 Å². The zero-order chi connectivity index (χ0) is 22.9. The molecule has 8 nitrogen and oxygen atoms in total. The number of nitrogens with one attached hydrogen (secondary N) is 1. The molecule has 0 spiro atoms. The quantitative estimate of drug-likeness (QED) is 0.317. The lowest BCUT2D eigenvalue weighted by molar-refractivity contribution is 0.336. The van der Waals surface area contributed by atoms with Crippen LogP contribution >= 0.6 is 11.8 Å². The standard InChI is InChI=1S/C23H32N8S/c1-16(2)22(25)32-23(26)30-21-7-6-19-20(29-21)12-17(15-28-19)18(13-24)14-27-8-5-11-31-9-3-4-10-31/h6-7,12-16,25H,3-5,8-11,24H2,1-2H3,(H2,26,29,30). The van der Waals surface area contributed by atoms with Gasteiger partial charge in [-0.2, -0.15) is 0 Å². The summed E-state index contributed by atoms with van der Waals surface area (Å²) in [6.45, 7) is 8.19. The number of fused-ring (bicyclic) bond motifs is 1. The molecular weight excluding hydrogens is 420 g/mol. The molecule has 0 aromatic carbocycles. The molecule has 1 aliphatic rings. The SMILES string of the molecule is CC(C)C(=N)SC(N)=Nc1ccc2ncc(C(C=NCCCN3CCCC3)=CN)cc2n1. The zero-order valence-electron chi connectivity index (χ0n) is 18.8. The van der Waals surface area contributed by atoms with Crippen molar-refractivity contribution in [2.45, 2.75) is 33.1 Å². The maximum Gasteiger partial charge on any atom is 0.166 e. The van der Waals surface area contributed by atoms with E-state index in [1.807, 2.05) is 26.0 Å². The number of amidine groups is 1. The number of rotatable bonds is 8. The molecule has 32 heavy (non-hydrogen) atoms. The number of thioether (sulfide) groups is 1. The Balaban J connectivity index is 1.68. The summed E-state index contributed by atoms with van der Waals surface area (Å²) in [5.41, 5.74) is 14.9. The van der Waals surface area contributed by atoms with Gasteiger partial charge in [0.2, 0.25) is 0 Å². The maximum atomic E-state index is 7.93. The third kappa shape index (κ3) is 6.86. The first-order valence-corrected chi connectivity index (χ1v) is 11.8. The second kappa shape index (κ2) is 11.7. The molecular formula is C23H32N8S. The second-order valence-electron chi connectivity index (χ2n) is 8.06. The third-order valence-electron chi connectivity index (χ3n) is 5.19. The van der Waals surface area contributed by atoms with Gasteiger partial charge in [-0.3, -0.25) is 15.4 Å². The Bertz CT molecular complexity index is 1020. The summed E-state index contributed by atoms with van der Waals surface area (Å²) in [6.07, 6.45) is 8.79. The van der Waals surface area contributed by atoms with E-state index in [2.05, 4.69) is 24.9 Å². The first-order valence-electron chi connectivity index (χ1n) is 11.0. The number of nitrogens with two attached hydrogens (primary N) is 2. The van der Waals surface area contributed by atoms with Crippen LogP contribution < -0.4 is 11.5 Å². The predicted octanol–water partition coefficient (Wildman–Crippen LogP) is 3.80. The van der Waals surface area contributed by atoms with Crippen LogP contribution in [0.4, 0.5) is 5.82 Å². The molecule has 0 unspecified atom stereocenters. The maximum absolute atomic E-state index is 7.93. The summed E-state index contributed by atoms with van der Waals surface area (Å²) in [5, 5.41) is 8.69. The number of aromatic nitrogens is 2. The minimum atomic E-state index is 0.105. The van der Waals surface area contributed by atoms with E-state index < -0.39 is 0 Å². The van der Waals surface area contributed by atoms with Gasteiger partial charge in [-0.25, -0.2) is 9.98 Å². The Hall–Kier alpha value is -2.78. The molecule has 1 aliphatic heterocycles. The van der Waals surface area contributed by atoms with Gasteiger partial charge in [0.15, 0.2) is 11.0 Å². The molecule has 0 radical (unpaired) electrons. The topological polar surface area (TPSA) is 130 Å². The molecule has 1 saturated heterocycles. The highest BCUT2D eigenvalue weighted by molar-refractivity contribution is 8.26. The molecule has 2 aromatic rings.